The predicted octanol–water partition coefficient (Wildman–Crippen LogP) is 12.6. The molecule has 0 bridgehead atoms. The summed E-state index contributed by atoms with van der Waals surface area (Å²) < 4.78 is 4.74. The summed E-state index contributed by atoms with van der Waals surface area (Å²) in [4.78, 5) is 4.87. The molecule has 1 fully saturated rings. The average molecular weight is 782 g/mol. The van der Waals surface area contributed by atoms with Crippen molar-refractivity contribution in [1.29, 1.82) is 0 Å². The van der Waals surface area contributed by atoms with Gasteiger partial charge in [-0.3, -0.25) is 0 Å². The van der Waals surface area contributed by atoms with Crippen LogP contribution in [-0.2, 0) is 39.5 Å². The van der Waals surface area contributed by atoms with E-state index in [1.807, 2.05) is 28.9 Å². The summed E-state index contributed by atoms with van der Waals surface area (Å²) in [5, 5.41) is 0. The maximum atomic E-state index is 5.87. The normalized spacial score (nSPS) is 14.6. The van der Waals surface area contributed by atoms with Gasteiger partial charge >= 0.3 is 105 Å². The summed E-state index contributed by atoms with van der Waals surface area (Å²) in [5.41, 5.74) is 9.75. The van der Waals surface area contributed by atoms with Crippen LogP contribution in [0.2, 0.25) is 0 Å². The number of hydrogen-bond donors (Lipinski definition) is 0. The van der Waals surface area contributed by atoms with Crippen molar-refractivity contribution >= 4 is 35.4 Å². The molecule has 0 saturated carbocycles. The van der Waals surface area contributed by atoms with Gasteiger partial charge in [0.25, 0.3) is 0 Å². The second-order valence-electron chi connectivity index (χ2n) is 17.4. The van der Waals surface area contributed by atoms with Gasteiger partial charge in [-0.2, -0.15) is 6.67 Å². The van der Waals surface area contributed by atoms with E-state index in [-0.39, 0.29) is 27.8 Å². The van der Waals surface area contributed by atoms with Crippen molar-refractivity contribution < 1.29 is 17.9 Å². The van der Waals surface area contributed by atoms with E-state index < -0.39 is 13.5 Å². The molecule has 268 valence electrons. The number of rotatable bonds is 5. The first-order valence-corrected chi connectivity index (χ1v) is 22.5. The Bertz CT molecular complexity index is 1420. The fourth-order valence-corrected chi connectivity index (χ4v) is 7.12. The molecule has 0 atom stereocenters. The van der Waals surface area contributed by atoms with Crippen molar-refractivity contribution in [2.24, 2.45) is 0 Å². The Morgan fingerprint density at radius 2 is 1.02 bits per heavy atom. The van der Waals surface area contributed by atoms with Crippen LogP contribution in [0.3, 0.4) is 0 Å². The van der Waals surface area contributed by atoms with Crippen LogP contribution in [0.15, 0.2) is 60.7 Å². The van der Waals surface area contributed by atoms with Crippen LogP contribution in [0, 0.1) is 13.8 Å². The van der Waals surface area contributed by atoms with Crippen LogP contribution in [0.1, 0.15) is 125 Å². The molecule has 0 N–H and O–H groups in total. The molecule has 0 spiro atoms. The molecular formula is C42H61Cl2N2ORu-. The Hall–Kier alpha value is -1.87. The zero-order valence-electron chi connectivity index (χ0n) is 32.0. The topological polar surface area (TPSA) is 9.18 Å². The van der Waals surface area contributed by atoms with Gasteiger partial charge in [-0.1, -0.05) is 95.2 Å². The summed E-state index contributed by atoms with van der Waals surface area (Å²) in [6, 6.07) is 22.3. The fraction of sp³-hybridized carbons (Fsp3) is 0.500. The molecule has 3 aromatic rings. The zero-order valence-corrected chi connectivity index (χ0v) is 35.3. The van der Waals surface area contributed by atoms with Crippen molar-refractivity contribution in [2.75, 3.05) is 22.9 Å². The van der Waals surface area contributed by atoms with Crippen LogP contribution in [0.4, 0.5) is 11.4 Å². The summed E-state index contributed by atoms with van der Waals surface area (Å²) in [5.74, 6) is 0.993. The third-order valence-electron chi connectivity index (χ3n) is 8.78. The summed E-state index contributed by atoms with van der Waals surface area (Å²) in [6.45, 7) is 36.2. The predicted molar refractivity (Wildman–Crippen MR) is 211 cm³/mol. The van der Waals surface area contributed by atoms with Gasteiger partial charge in [0.2, 0.25) is 0 Å². The summed E-state index contributed by atoms with van der Waals surface area (Å²) in [6.07, 6.45) is 0.269. The molecule has 0 radical (unpaired) electrons. The first-order chi connectivity index (χ1) is 21.9. The SMILES string of the molecule is CC(C)(C)c1cc(N2[CH-]N(c3cc(C(C)(C)C)cc(C(C)(C)C)c3)CC2)cc(C(C)(C)C)c1.[CH2-][O+](c1ccccc1[CH]=[Ru]([Cl])[Cl])C(C)C. The molecule has 0 aliphatic carbocycles. The van der Waals surface area contributed by atoms with Gasteiger partial charge in [-0.15, -0.1) is 0 Å². The number of hydrogen-bond acceptors (Lipinski definition) is 2. The van der Waals surface area contributed by atoms with E-state index in [9.17, 15) is 0 Å². The van der Waals surface area contributed by atoms with Crippen molar-refractivity contribution in [3.63, 3.8) is 0 Å². The average Bonchev–Trinajstić information content (AvgIpc) is 3.45. The number of halogens is 2. The van der Waals surface area contributed by atoms with Crippen molar-refractivity contribution in [3.8, 4) is 5.75 Å². The Labute approximate surface area is 307 Å². The van der Waals surface area contributed by atoms with Crippen LogP contribution < -0.4 is 9.80 Å². The van der Waals surface area contributed by atoms with Gasteiger partial charge in [-0.05, 0) is 68.2 Å². The zero-order chi connectivity index (χ0) is 36.4. The van der Waals surface area contributed by atoms with Crippen LogP contribution >= 0.6 is 19.4 Å². The molecule has 0 aromatic heterocycles. The van der Waals surface area contributed by atoms with Gasteiger partial charge < -0.3 is 9.80 Å². The number of nitrogens with zero attached hydrogens (tertiary/aromatic N) is 2. The molecule has 3 nitrogen and oxygen atoms in total. The Morgan fingerprint density at radius 1 is 0.667 bits per heavy atom. The Morgan fingerprint density at radius 3 is 1.33 bits per heavy atom. The van der Waals surface area contributed by atoms with E-state index in [0.29, 0.717) is 0 Å². The molecule has 3 aromatic carbocycles. The number of para-hydroxylation sites is 1. The molecular weight excluding hydrogens is 720 g/mol. The van der Waals surface area contributed by atoms with Gasteiger partial charge in [-0.25, -0.2) is 0 Å². The number of benzene rings is 3. The monoisotopic (exact) mass is 781 g/mol. The fourth-order valence-electron chi connectivity index (χ4n) is 5.32. The minimum atomic E-state index is -1.79. The maximum absolute atomic E-state index is 5.87. The molecule has 4 rings (SSSR count). The van der Waals surface area contributed by atoms with E-state index in [1.54, 1.807) is 0 Å². The quantitative estimate of drug-likeness (QED) is 0.145. The first kappa shape index (κ1) is 40.6. The van der Waals surface area contributed by atoms with Crippen molar-refractivity contribution in [3.05, 3.63) is 102 Å². The first-order valence-electron chi connectivity index (χ1n) is 17.0. The second-order valence-corrected chi connectivity index (χ2v) is 23.1. The van der Waals surface area contributed by atoms with Gasteiger partial charge in [0.05, 0.1) is 0 Å². The van der Waals surface area contributed by atoms with E-state index >= 15 is 0 Å². The number of anilines is 2. The van der Waals surface area contributed by atoms with Crippen LogP contribution in [0.5, 0.6) is 5.75 Å². The molecule has 0 amide bonds. The van der Waals surface area contributed by atoms with Gasteiger partial charge in [0, 0.05) is 24.5 Å². The molecule has 1 aliphatic heterocycles. The van der Waals surface area contributed by atoms with Crippen LogP contribution in [0.25, 0.3) is 0 Å². The standard InChI is InChI=1S/C31H47N2.C11H14O.2ClH.Ru/c1-28(2,3)22-15-23(29(4,5)6)18-26(17-22)32-13-14-33(21-32)27-19-24(30(7,8)9)16-25(20-27)31(10,11)12;1-9(2)12(4)11-8-6-5-7-10(11)3;;;/h15-21H,13-14H2,1-12H3;3,5-9H,4H2,1-2H3;2*1H;/q-1;;;;+2/p-2. The van der Waals surface area contributed by atoms with Crippen LogP contribution in [-0.4, -0.2) is 23.8 Å². The molecule has 1 aliphatic rings. The molecule has 48 heavy (non-hydrogen) atoms. The van der Waals surface area contributed by atoms with E-state index in [0.717, 1.165) is 24.4 Å². The Kier molecular flexibility index (Phi) is 13.2. The van der Waals surface area contributed by atoms with E-state index in [1.165, 1.54) is 33.6 Å². The second kappa shape index (κ2) is 15.6. The minimum absolute atomic E-state index is 0.123. The third-order valence-corrected chi connectivity index (χ3v) is 10.6. The summed E-state index contributed by atoms with van der Waals surface area (Å²) >= 11 is -1.79. The summed E-state index contributed by atoms with van der Waals surface area (Å²) in [7, 11) is 15.7. The van der Waals surface area contributed by atoms with Gasteiger partial charge in [0.15, 0.2) is 0 Å². The third kappa shape index (κ3) is 11.1. The molecule has 1 saturated heterocycles. The molecule has 0 unspecified atom stereocenters. The van der Waals surface area contributed by atoms with Crippen molar-refractivity contribution in [2.45, 2.75) is 125 Å². The molecule has 1 heterocycles. The molecule has 6 heteroatoms. The van der Waals surface area contributed by atoms with E-state index in [2.05, 4.69) is 161 Å². The van der Waals surface area contributed by atoms with Gasteiger partial charge in [0.1, 0.15) is 0 Å². The van der Waals surface area contributed by atoms with E-state index in [4.69, 9.17) is 19.4 Å². The Balaban J connectivity index is 0.000000348. The van der Waals surface area contributed by atoms with Crippen molar-refractivity contribution in [1.82, 2.24) is 0 Å².